The molecule has 1 aliphatic heterocycles. The Labute approximate surface area is 195 Å². The highest BCUT2D eigenvalue weighted by molar-refractivity contribution is 6.04. The number of hydrogen-bond acceptors (Lipinski definition) is 6. The van der Waals surface area contributed by atoms with E-state index in [9.17, 15) is 9.59 Å². The van der Waals surface area contributed by atoms with Crippen LogP contribution in [0.1, 0.15) is 26.3 Å². The van der Waals surface area contributed by atoms with Gasteiger partial charge in [0.05, 0.1) is 16.6 Å². The van der Waals surface area contributed by atoms with Gasteiger partial charge in [0.15, 0.2) is 0 Å². The molecule has 2 amide bonds. The average Bonchev–Trinajstić information content (AvgIpc) is 3.33. The molecule has 0 radical (unpaired) electrons. The van der Waals surface area contributed by atoms with Crippen molar-refractivity contribution in [2.24, 2.45) is 5.73 Å². The van der Waals surface area contributed by atoms with Crippen LogP contribution in [0.25, 0.3) is 22.4 Å². The molecule has 2 aromatic carbocycles. The van der Waals surface area contributed by atoms with E-state index in [-0.39, 0.29) is 5.91 Å². The molecule has 3 N–H and O–H groups in total. The molecule has 0 atom stereocenters. The lowest BCUT2D eigenvalue weighted by Crippen LogP contribution is -2.49. The number of carbonyl (C=O) groups excluding carboxylic acids is 2. The van der Waals surface area contributed by atoms with Crippen molar-refractivity contribution in [2.45, 2.75) is 0 Å². The zero-order chi connectivity index (χ0) is 23.7. The molecule has 1 saturated heterocycles. The number of hydrogen-bond donors (Lipinski definition) is 2. The Morgan fingerprint density at radius 3 is 2.35 bits per heavy atom. The number of benzene rings is 2. The molecule has 0 unspecified atom stereocenters. The Morgan fingerprint density at radius 1 is 1.00 bits per heavy atom. The molecule has 0 aliphatic carbocycles. The number of imidazole rings is 1. The smallest absolute Gasteiger partial charge is 0.253 e. The van der Waals surface area contributed by atoms with E-state index < -0.39 is 5.91 Å². The molecule has 0 bridgehead atoms. The number of rotatable bonds is 4. The highest BCUT2D eigenvalue weighted by Gasteiger charge is 2.23. The maximum atomic E-state index is 13.0. The Morgan fingerprint density at radius 2 is 1.71 bits per heavy atom. The molecular weight excluding hydrogens is 430 g/mol. The fourth-order valence-corrected chi connectivity index (χ4v) is 3.99. The minimum absolute atomic E-state index is 0.0320. The molecule has 168 valence electrons. The second kappa shape index (κ2) is 8.67. The summed E-state index contributed by atoms with van der Waals surface area (Å²) in [6.07, 6.45) is 8.60. The number of aromatic amines is 1. The molecule has 2 aromatic heterocycles. The predicted molar refractivity (Wildman–Crippen MR) is 128 cm³/mol. The molecule has 0 saturated carbocycles. The number of primary amides is 1. The first kappa shape index (κ1) is 21.2. The fraction of sp³-hybridized carbons (Fsp3) is 0.160. The van der Waals surface area contributed by atoms with Gasteiger partial charge in [-0.2, -0.15) is 0 Å². The molecule has 1 fully saturated rings. The van der Waals surface area contributed by atoms with Crippen LogP contribution in [0.3, 0.4) is 0 Å². The summed E-state index contributed by atoms with van der Waals surface area (Å²) in [5.74, 6) is 3.16. The number of H-pyrrole nitrogens is 1. The van der Waals surface area contributed by atoms with Crippen molar-refractivity contribution in [1.29, 1.82) is 0 Å². The van der Waals surface area contributed by atoms with Crippen LogP contribution in [0.2, 0.25) is 0 Å². The number of amides is 2. The van der Waals surface area contributed by atoms with Crippen molar-refractivity contribution in [3.8, 4) is 23.7 Å². The summed E-state index contributed by atoms with van der Waals surface area (Å²) in [5, 5.41) is 0. The van der Waals surface area contributed by atoms with E-state index in [1.54, 1.807) is 36.7 Å². The lowest BCUT2D eigenvalue weighted by atomic mass is 10.1. The van der Waals surface area contributed by atoms with Crippen molar-refractivity contribution < 1.29 is 9.59 Å². The Hall–Kier alpha value is -4.71. The number of piperazine rings is 1. The van der Waals surface area contributed by atoms with Gasteiger partial charge in [-0.15, -0.1) is 6.42 Å². The van der Waals surface area contributed by atoms with Crippen molar-refractivity contribution in [3.05, 3.63) is 71.5 Å². The van der Waals surface area contributed by atoms with Crippen LogP contribution >= 0.6 is 0 Å². The Kier molecular flexibility index (Phi) is 5.40. The number of anilines is 1. The number of para-hydroxylation sites is 1. The SMILES string of the molecule is C#Cc1cnc(N2CCN(C(=O)c3ccc(-c4nc5c(C(N)=O)cccc5[nH]4)cc3)CC2)nc1. The van der Waals surface area contributed by atoms with E-state index >= 15 is 0 Å². The monoisotopic (exact) mass is 451 g/mol. The number of carbonyl (C=O) groups is 2. The number of nitrogens with zero attached hydrogens (tertiary/aromatic N) is 5. The Balaban J connectivity index is 1.27. The molecule has 4 aromatic rings. The summed E-state index contributed by atoms with van der Waals surface area (Å²) in [4.78, 5) is 44.9. The summed E-state index contributed by atoms with van der Waals surface area (Å²) in [6, 6.07) is 12.5. The number of aromatic nitrogens is 4. The van der Waals surface area contributed by atoms with Crippen LogP contribution in [0.15, 0.2) is 54.9 Å². The molecule has 0 spiro atoms. The third-order valence-electron chi connectivity index (χ3n) is 5.84. The standard InChI is InChI=1S/C25H21N7O2/c1-2-16-14-27-25(28-15-16)32-12-10-31(11-13-32)24(34)18-8-6-17(7-9-18)23-29-20-5-3-4-19(22(26)33)21(20)30-23/h1,3-9,14-15H,10-13H2,(H2,26,33)(H,29,30). The minimum Gasteiger partial charge on any atom is -0.366 e. The zero-order valence-electron chi connectivity index (χ0n) is 18.2. The molecule has 1 aliphatic rings. The fourth-order valence-electron chi connectivity index (χ4n) is 3.99. The maximum absolute atomic E-state index is 13.0. The first-order valence-electron chi connectivity index (χ1n) is 10.8. The van der Waals surface area contributed by atoms with E-state index in [2.05, 4.69) is 25.9 Å². The summed E-state index contributed by atoms with van der Waals surface area (Å²) < 4.78 is 0. The van der Waals surface area contributed by atoms with Crippen molar-refractivity contribution in [1.82, 2.24) is 24.8 Å². The van der Waals surface area contributed by atoms with Gasteiger partial charge in [0.2, 0.25) is 5.95 Å². The molecule has 9 nitrogen and oxygen atoms in total. The van der Waals surface area contributed by atoms with Gasteiger partial charge in [0.25, 0.3) is 11.8 Å². The van der Waals surface area contributed by atoms with Crippen molar-refractivity contribution >= 4 is 28.8 Å². The summed E-state index contributed by atoms with van der Waals surface area (Å²) in [7, 11) is 0. The number of nitrogens with one attached hydrogen (secondary N) is 1. The van der Waals surface area contributed by atoms with E-state index in [0.29, 0.717) is 60.2 Å². The van der Waals surface area contributed by atoms with Crippen molar-refractivity contribution in [2.75, 3.05) is 31.1 Å². The first-order chi connectivity index (χ1) is 16.5. The summed E-state index contributed by atoms with van der Waals surface area (Å²) in [5.41, 5.74) is 9.11. The number of fused-ring (bicyclic) bond motifs is 1. The van der Waals surface area contributed by atoms with Gasteiger partial charge >= 0.3 is 0 Å². The van der Waals surface area contributed by atoms with Gasteiger partial charge in [0, 0.05) is 49.7 Å². The molecule has 9 heteroatoms. The van der Waals surface area contributed by atoms with Gasteiger partial charge in [-0.05, 0) is 24.3 Å². The predicted octanol–water partition coefficient (Wildman–Crippen LogP) is 2.06. The van der Waals surface area contributed by atoms with Gasteiger partial charge in [-0.3, -0.25) is 9.59 Å². The zero-order valence-corrected chi connectivity index (χ0v) is 18.2. The van der Waals surface area contributed by atoms with Crippen LogP contribution in [0.5, 0.6) is 0 Å². The molecule has 34 heavy (non-hydrogen) atoms. The average molecular weight is 451 g/mol. The minimum atomic E-state index is -0.527. The van der Waals surface area contributed by atoms with Gasteiger partial charge < -0.3 is 20.5 Å². The summed E-state index contributed by atoms with van der Waals surface area (Å²) in [6.45, 7) is 2.42. The van der Waals surface area contributed by atoms with Crippen LogP contribution in [-0.4, -0.2) is 62.8 Å². The highest BCUT2D eigenvalue weighted by Crippen LogP contribution is 2.23. The second-order valence-corrected chi connectivity index (χ2v) is 7.92. The quantitative estimate of drug-likeness (QED) is 0.458. The summed E-state index contributed by atoms with van der Waals surface area (Å²) >= 11 is 0. The van der Waals surface area contributed by atoms with Crippen molar-refractivity contribution in [3.63, 3.8) is 0 Å². The Bertz CT molecular complexity index is 1410. The lowest BCUT2D eigenvalue weighted by molar-refractivity contribution is 0.0746. The van der Waals surface area contributed by atoms with Crippen LogP contribution in [0.4, 0.5) is 5.95 Å². The highest BCUT2D eigenvalue weighted by atomic mass is 16.2. The maximum Gasteiger partial charge on any atom is 0.253 e. The van der Waals surface area contributed by atoms with Crippen LogP contribution in [-0.2, 0) is 0 Å². The van der Waals surface area contributed by atoms with Gasteiger partial charge in [0.1, 0.15) is 11.3 Å². The van der Waals surface area contributed by atoms with E-state index in [0.717, 1.165) is 11.1 Å². The third kappa shape index (κ3) is 3.93. The normalized spacial score (nSPS) is 13.6. The number of nitrogens with two attached hydrogens (primary N) is 1. The molecule has 5 rings (SSSR count). The second-order valence-electron chi connectivity index (χ2n) is 7.92. The van der Waals surface area contributed by atoms with Gasteiger partial charge in [-0.25, -0.2) is 15.0 Å². The lowest BCUT2D eigenvalue weighted by Gasteiger charge is -2.34. The number of terminal acetylenes is 1. The topological polar surface area (TPSA) is 121 Å². The van der Waals surface area contributed by atoms with E-state index in [4.69, 9.17) is 12.2 Å². The molecular formula is C25H21N7O2. The van der Waals surface area contributed by atoms with Crippen LogP contribution < -0.4 is 10.6 Å². The van der Waals surface area contributed by atoms with Gasteiger partial charge in [-0.1, -0.05) is 24.1 Å². The van der Waals surface area contributed by atoms with E-state index in [1.807, 2.05) is 28.0 Å². The van der Waals surface area contributed by atoms with E-state index in [1.165, 1.54) is 0 Å². The largest absolute Gasteiger partial charge is 0.366 e. The third-order valence-corrected chi connectivity index (χ3v) is 5.84. The van der Waals surface area contributed by atoms with Crippen LogP contribution in [0, 0.1) is 12.3 Å². The molecule has 3 heterocycles. The first-order valence-corrected chi connectivity index (χ1v) is 10.8.